The fourth-order valence-corrected chi connectivity index (χ4v) is 2.97. The molecule has 2 atom stereocenters. The van der Waals surface area contributed by atoms with Crippen molar-refractivity contribution in [2.24, 2.45) is 5.92 Å². The summed E-state index contributed by atoms with van der Waals surface area (Å²) in [5, 5.41) is 0. The van der Waals surface area contributed by atoms with Crippen LogP contribution < -0.4 is 0 Å². The fraction of sp³-hybridized carbons (Fsp3) is 0.933. The van der Waals surface area contributed by atoms with E-state index in [0.29, 0.717) is 11.8 Å². The van der Waals surface area contributed by atoms with Crippen molar-refractivity contribution < 1.29 is 4.79 Å². The highest BCUT2D eigenvalue weighted by atomic mass is 16.1. The smallest absolute Gasteiger partial charge is 0.137 e. The van der Waals surface area contributed by atoms with E-state index in [9.17, 15) is 4.79 Å². The van der Waals surface area contributed by atoms with Gasteiger partial charge < -0.3 is 4.90 Å². The quantitative estimate of drug-likeness (QED) is 0.680. The number of nitrogens with zero attached hydrogens (tertiary/aromatic N) is 2. The van der Waals surface area contributed by atoms with Gasteiger partial charge in [-0.1, -0.05) is 19.8 Å². The Labute approximate surface area is 113 Å². The van der Waals surface area contributed by atoms with Crippen LogP contribution in [0.5, 0.6) is 0 Å². The first-order chi connectivity index (χ1) is 8.54. The first-order valence-corrected chi connectivity index (χ1v) is 7.46. The number of hydrogen-bond donors (Lipinski definition) is 0. The normalized spacial score (nSPS) is 23.4. The molecule has 1 fully saturated rings. The van der Waals surface area contributed by atoms with E-state index in [1.165, 1.54) is 12.8 Å². The van der Waals surface area contributed by atoms with Crippen LogP contribution in [0.25, 0.3) is 0 Å². The molecule has 0 N–H and O–H groups in total. The molecule has 2 unspecified atom stereocenters. The van der Waals surface area contributed by atoms with Crippen molar-refractivity contribution in [3.05, 3.63) is 0 Å². The van der Waals surface area contributed by atoms with E-state index in [0.717, 1.165) is 38.9 Å². The molecular formula is C15H30N2O. The molecule has 106 valence electrons. The first-order valence-electron chi connectivity index (χ1n) is 7.46. The molecule has 18 heavy (non-hydrogen) atoms. The number of Topliss-reactive ketones (excluding diaryl/α,β-unsaturated/α-hetero) is 1. The summed E-state index contributed by atoms with van der Waals surface area (Å²) in [5.41, 5.74) is 0. The molecule has 0 aromatic carbocycles. The van der Waals surface area contributed by atoms with E-state index in [1.54, 1.807) is 0 Å². The summed E-state index contributed by atoms with van der Waals surface area (Å²) in [6.45, 7) is 7.54. The number of hydrogen-bond acceptors (Lipinski definition) is 3. The number of carbonyl (C=O) groups is 1. The van der Waals surface area contributed by atoms with Crippen LogP contribution >= 0.6 is 0 Å². The van der Waals surface area contributed by atoms with Crippen molar-refractivity contribution in [1.29, 1.82) is 0 Å². The lowest BCUT2D eigenvalue weighted by Gasteiger charge is -2.32. The molecule has 1 rings (SSSR count). The first kappa shape index (κ1) is 15.6. The van der Waals surface area contributed by atoms with Gasteiger partial charge in [-0.05, 0) is 40.4 Å². The van der Waals surface area contributed by atoms with E-state index in [1.807, 2.05) is 0 Å². The predicted octanol–water partition coefficient (Wildman–Crippen LogP) is 2.41. The van der Waals surface area contributed by atoms with Gasteiger partial charge in [0.1, 0.15) is 5.78 Å². The van der Waals surface area contributed by atoms with Crippen LogP contribution in [0.3, 0.4) is 0 Å². The third-order valence-electron chi connectivity index (χ3n) is 4.04. The van der Waals surface area contributed by atoms with Crippen LogP contribution in [0, 0.1) is 5.92 Å². The number of ketones is 1. The lowest BCUT2D eigenvalue weighted by atomic mass is 9.97. The zero-order chi connectivity index (χ0) is 13.5. The molecule has 0 aliphatic heterocycles. The van der Waals surface area contributed by atoms with Crippen LogP contribution in [0.4, 0.5) is 0 Å². The van der Waals surface area contributed by atoms with Crippen molar-refractivity contribution >= 4 is 5.78 Å². The maximum absolute atomic E-state index is 12.1. The van der Waals surface area contributed by atoms with Gasteiger partial charge in [0.2, 0.25) is 0 Å². The highest BCUT2D eigenvalue weighted by molar-refractivity contribution is 5.81. The van der Waals surface area contributed by atoms with Gasteiger partial charge in [0.15, 0.2) is 0 Å². The summed E-state index contributed by atoms with van der Waals surface area (Å²) in [6.07, 6.45) is 5.49. The molecule has 0 amide bonds. The monoisotopic (exact) mass is 254 g/mol. The Morgan fingerprint density at radius 2 is 2.00 bits per heavy atom. The van der Waals surface area contributed by atoms with Crippen LogP contribution in [-0.2, 0) is 4.79 Å². The Balaban J connectivity index is 2.52. The number of carbonyl (C=O) groups excluding carboxylic acids is 1. The van der Waals surface area contributed by atoms with E-state index in [-0.39, 0.29) is 5.92 Å². The molecule has 3 nitrogen and oxygen atoms in total. The van der Waals surface area contributed by atoms with Crippen molar-refractivity contribution in [2.45, 2.75) is 52.0 Å². The molecule has 0 saturated heterocycles. The maximum Gasteiger partial charge on any atom is 0.137 e. The average molecular weight is 254 g/mol. The third kappa shape index (κ3) is 5.07. The molecule has 3 heteroatoms. The minimum Gasteiger partial charge on any atom is -0.308 e. The Kier molecular flexibility index (Phi) is 6.87. The van der Waals surface area contributed by atoms with Gasteiger partial charge in [-0.15, -0.1) is 0 Å². The van der Waals surface area contributed by atoms with Gasteiger partial charge in [-0.3, -0.25) is 9.69 Å². The predicted molar refractivity (Wildman–Crippen MR) is 76.8 cm³/mol. The molecule has 1 aliphatic carbocycles. The van der Waals surface area contributed by atoms with Crippen LogP contribution in [-0.4, -0.2) is 55.4 Å². The van der Waals surface area contributed by atoms with Crippen LogP contribution in [0.1, 0.15) is 46.0 Å². The number of likely N-dealkylation sites (N-methyl/N-ethyl adjacent to an activating group) is 2. The highest BCUT2D eigenvalue weighted by Crippen LogP contribution is 2.21. The molecule has 0 aromatic rings. The topological polar surface area (TPSA) is 23.6 Å². The summed E-state index contributed by atoms with van der Waals surface area (Å²) in [6, 6.07) is 0.529. The van der Waals surface area contributed by atoms with Crippen molar-refractivity contribution in [2.75, 3.05) is 33.7 Å². The molecule has 0 heterocycles. The summed E-state index contributed by atoms with van der Waals surface area (Å²) in [5.74, 6) is 0.792. The molecule has 1 aliphatic rings. The standard InChI is InChI=1S/C15H30N2O/c1-5-17(13(2)11-16(3)4)12-14-9-7-6-8-10-15(14)18/h13-14H,5-12H2,1-4H3. The molecule has 1 saturated carbocycles. The zero-order valence-corrected chi connectivity index (χ0v) is 12.6. The van der Waals surface area contributed by atoms with Crippen LogP contribution in [0.15, 0.2) is 0 Å². The largest absolute Gasteiger partial charge is 0.308 e. The van der Waals surface area contributed by atoms with Crippen molar-refractivity contribution in [3.8, 4) is 0 Å². The van der Waals surface area contributed by atoms with E-state index >= 15 is 0 Å². The molecular weight excluding hydrogens is 224 g/mol. The lowest BCUT2D eigenvalue weighted by molar-refractivity contribution is -0.123. The van der Waals surface area contributed by atoms with Crippen molar-refractivity contribution in [1.82, 2.24) is 9.80 Å². The van der Waals surface area contributed by atoms with Gasteiger partial charge in [0.25, 0.3) is 0 Å². The molecule has 0 aromatic heterocycles. The van der Waals surface area contributed by atoms with Crippen LogP contribution in [0.2, 0.25) is 0 Å². The number of rotatable bonds is 6. The Morgan fingerprint density at radius 3 is 2.61 bits per heavy atom. The molecule has 0 radical (unpaired) electrons. The lowest BCUT2D eigenvalue weighted by Crippen LogP contribution is -2.43. The van der Waals surface area contributed by atoms with E-state index in [4.69, 9.17) is 0 Å². The summed E-state index contributed by atoms with van der Waals surface area (Å²) in [4.78, 5) is 16.8. The second-order valence-corrected chi connectivity index (χ2v) is 5.96. The minimum absolute atomic E-state index is 0.289. The van der Waals surface area contributed by atoms with E-state index in [2.05, 4.69) is 37.7 Å². The summed E-state index contributed by atoms with van der Waals surface area (Å²) >= 11 is 0. The Morgan fingerprint density at radius 1 is 1.28 bits per heavy atom. The summed E-state index contributed by atoms with van der Waals surface area (Å²) < 4.78 is 0. The van der Waals surface area contributed by atoms with Gasteiger partial charge in [-0.25, -0.2) is 0 Å². The summed E-state index contributed by atoms with van der Waals surface area (Å²) in [7, 11) is 4.22. The molecule has 0 spiro atoms. The average Bonchev–Trinajstić information content (AvgIpc) is 2.50. The Hall–Kier alpha value is -0.410. The van der Waals surface area contributed by atoms with Gasteiger partial charge in [0, 0.05) is 31.5 Å². The fourth-order valence-electron chi connectivity index (χ4n) is 2.97. The van der Waals surface area contributed by atoms with Gasteiger partial charge in [0.05, 0.1) is 0 Å². The SMILES string of the molecule is CCN(CC1CCCCCC1=O)C(C)CN(C)C. The maximum atomic E-state index is 12.1. The second kappa shape index (κ2) is 7.90. The van der Waals surface area contributed by atoms with Crippen molar-refractivity contribution in [3.63, 3.8) is 0 Å². The highest BCUT2D eigenvalue weighted by Gasteiger charge is 2.24. The Bertz CT molecular complexity index is 253. The third-order valence-corrected chi connectivity index (χ3v) is 4.04. The van der Waals surface area contributed by atoms with Gasteiger partial charge >= 0.3 is 0 Å². The minimum atomic E-state index is 0.289. The van der Waals surface area contributed by atoms with Gasteiger partial charge in [-0.2, -0.15) is 0 Å². The zero-order valence-electron chi connectivity index (χ0n) is 12.6. The van der Waals surface area contributed by atoms with E-state index < -0.39 is 0 Å². The second-order valence-electron chi connectivity index (χ2n) is 5.96. The molecule has 0 bridgehead atoms.